The van der Waals surface area contributed by atoms with Gasteiger partial charge in [0.25, 0.3) is 11.6 Å². The lowest BCUT2D eigenvalue weighted by molar-refractivity contribution is -0.385. The van der Waals surface area contributed by atoms with Crippen molar-refractivity contribution in [2.45, 2.75) is 19.9 Å². The second-order valence-corrected chi connectivity index (χ2v) is 4.63. The zero-order valence-electron chi connectivity index (χ0n) is 11.4. The summed E-state index contributed by atoms with van der Waals surface area (Å²) in [6.07, 6.45) is 1.50. The van der Waals surface area contributed by atoms with Gasteiger partial charge in [0.2, 0.25) is 0 Å². The summed E-state index contributed by atoms with van der Waals surface area (Å²) in [7, 11) is 0. The Hall–Kier alpha value is -2.77. The molecule has 0 saturated heterocycles. The number of nitrogens with one attached hydrogen (secondary N) is 1. The molecule has 1 aromatic carbocycles. The van der Waals surface area contributed by atoms with Crippen LogP contribution < -0.4 is 5.32 Å². The normalized spacial score (nSPS) is 10.7. The zero-order chi connectivity index (χ0) is 15.6. The van der Waals surface area contributed by atoms with Gasteiger partial charge in [-0.25, -0.2) is 9.07 Å². The molecule has 21 heavy (non-hydrogen) atoms. The molecule has 0 unspecified atom stereocenters. The predicted molar refractivity (Wildman–Crippen MR) is 73.6 cm³/mol. The van der Waals surface area contributed by atoms with E-state index in [0.717, 1.165) is 18.2 Å². The van der Waals surface area contributed by atoms with Gasteiger partial charge in [0.15, 0.2) is 0 Å². The lowest BCUT2D eigenvalue weighted by atomic mass is 10.1. The highest BCUT2D eigenvalue weighted by Gasteiger charge is 2.22. The van der Waals surface area contributed by atoms with Crippen molar-refractivity contribution in [3.63, 3.8) is 0 Å². The fourth-order valence-electron chi connectivity index (χ4n) is 1.86. The van der Waals surface area contributed by atoms with Gasteiger partial charge in [-0.2, -0.15) is 5.10 Å². The van der Waals surface area contributed by atoms with Gasteiger partial charge in [-0.3, -0.25) is 14.9 Å². The van der Waals surface area contributed by atoms with Crippen molar-refractivity contribution in [2.75, 3.05) is 5.32 Å². The molecular weight excluding hydrogens is 279 g/mol. The van der Waals surface area contributed by atoms with E-state index in [-0.39, 0.29) is 11.6 Å². The second kappa shape index (κ2) is 5.70. The number of carbonyl (C=O) groups is 1. The van der Waals surface area contributed by atoms with Gasteiger partial charge in [-0.1, -0.05) is 0 Å². The number of carbonyl (C=O) groups excluding carboxylic acids is 1. The first-order chi connectivity index (χ1) is 9.90. The van der Waals surface area contributed by atoms with Crippen LogP contribution in [-0.2, 0) is 0 Å². The molecule has 0 aliphatic heterocycles. The number of anilines is 1. The number of amides is 1. The van der Waals surface area contributed by atoms with Crippen LogP contribution in [0.5, 0.6) is 0 Å². The monoisotopic (exact) mass is 292 g/mol. The van der Waals surface area contributed by atoms with Crippen LogP contribution in [0.3, 0.4) is 0 Å². The molecule has 110 valence electrons. The average Bonchev–Trinajstić information content (AvgIpc) is 2.86. The van der Waals surface area contributed by atoms with Crippen LogP contribution in [0.2, 0.25) is 0 Å². The molecule has 0 spiro atoms. The second-order valence-electron chi connectivity index (χ2n) is 4.63. The van der Waals surface area contributed by atoms with Gasteiger partial charge in [0.05, 0.1) is 11.1 Å². The van der Waals surface area contributed by atoms with Crippen LogP contribution in [0.15, 0.2) is 30.5 Å². The van der Waals surface area contributed by atoms with Crippen molar-refractivity contribution in [1.29, 1.82) is 0 Å². The van der Waals surface area contributed by atoms with Crippen molar-refractivity contribution in [1.82, 2.24) is 9.78 Å². The van der Waals surface area contributed by atoms with E-state index in [1.807, 2.05) is 13.8 Å². The number of rotatable bonds is 4. The number of nitro benzene ring substituents is 1. The lowest BCUT2D eigenvalue weighted by Crippen LogP contribution is -2.18. The Balaban J connectivity index is 2.34. The quantitative estimate of drug-likeness (QED) is 0.693. The maximum atomic E-state index is 13.2. The van der Waals surface area contributed by atoms with Crippen molar-refractivity contribution in [2.24, 2.45) is 0 Å². The summed E-state index contributed by atoms with van der Waals surface area (Å²) >= 11 is 0. The molecule has 0 aliphatic carbocycles. The number of hydrogen-bond donors (Lipinski definition) is 1. The highest BCUT2D eigenvalue weighted by atomic mass is 19.1. The van der Waals surface area contributed by atoms with Crippen molar-refractivity contribution >= 4 is 17.4 Å². The van der Waals surface area contributed by atoms with Gasteiger partial charge in [-0.05, 0) is 26.0 Å². The Morgan fingerprint density at radius 3 is 2.76 bits per heavy atom. The Labute approximate surface area is 119 Å². The molecule has 1 N–H and O–H groups in total. The summed E-state index contributed by atoms with van der Waals surface area (Å²) in [4.78, 5) is 22.3. The summed E-state index contributed by atoms with van der Waals surface area (Å²) < 4.78 is 14.8. The van der Waals surface area contributed by atoms with Gasteiger partial charge in [-0.15, -0.1) is 0 Å². The molecule has 1 heterocycles. The Bertz CT molecular complexity index is 696. The highest BCUT2D eigenvalue weighted by molar-refractivity contribution is 6.06. The summed E-state index contributed by atoms with van der Waals surface area (Å²) in [5, 5.41) is 17.4. The molecule has 0 atom stereocenters. The van der Waals surface area contributed by atoms with Gasteiger partial charge < -0.3 is 5.32 Å². The molecule has 0 radical (unpaired) electrons. The zero-order valence-corrected chi connectivity index (χ0v) is 11.4. The third-order valence-electron chi connectivity index (χ3n) is 2.80. The third kappa shape index (κ3) is 3.04. The van der Waals surface area contributed by atoms with Crippen LogP contribution in [0.25, 0.3) is 0 Å². The first-order valence-corrected chi connectivity index (χ1v) is 6.19. The van der Waals surface area contributed by atoms with Crippen LogP contribution in [0.4, 0.5) is 15.9 Å². The Morgan fingerprint density at radius 1 is 1.43 bits per heavy atom. The van der Waals surface area contributed by atoms with Crippen LogP contribution >= 0.6 is 0 Å². The number of halogens is 1. The van der Waals surface area contributed by atoms with E-state index in [9.17, 15) is 19.3 Å². The summed E-state index contributed by atoms with van der Waals surface area (Å²) in [5.41, 5.74) is -0.791. The summed E-state index contributed by atoms with van der Waals surface area (Å²) in [5.74, 6) is -1.10. The lowest BCUT2D eigenvalue weighted by Gasteiger charge is -2.11. The average molecular weight is 292 g/mol. The van der Waals surface area contributed by atoms with Gasteiger partial charge in [0, 0.05) is 18.2 Å². The van der Waals surface area contributed by atoms with E-state index >= 15 is 0 Å². The molecule has 0 fully saturated rings. The highest BCUT2D eigenvalue weighted by Crippen LogP contribution is 2.21. The van der Waals surface area contributed by atoms with Gasteiger partial charge >= 0.3 is 0 Å². The van der Waals surface area contributed by atoms with Gasteiger partial charge in [0.1, 0.15) is 17.2 Å². The number of nitrogens with zero attached hydrogens (tertiary/aromatic N) is 3. The minimum absolute atomic E-state index is 0.00204. The number of aromatic nitrogens is 2. The van der Waals surface area contributed by atoms with Crippen molar-refractivity contribution in [3.8, 4) is 0 Å². The van der Waals surface area contributed by atoms with Crippen LogP contribution in [0.1, 0.15) is 30.2 Å². The molecule has 1 amide bonds. The predicted octanol–water partition coefficient (Wildman–Crippen LogP) is 2.76. The third-order valence-corrected chi connectivity index (χ3v) is 2.80. The fraction of sp³-hybridized carbons (Fsp3) is 0.231. The van der Waals surface area contributed by atoms with Crippen LogP contribution in [-0.4, -0.2) is 20.6 Å². The van der Waals surface area contributed by atoms with Crippen LogP contribution in [0, 0.1) is 15.9 Å². The minimum Gasteiger partial charge on any atom is -0.307 e. The summed E-state index contributed by atoms with van der Waals surface area (Å²) in [6.45, 7) is 3.74. The maximum Gasteiger partial charge on any atom is 0.282 e. The van der Waals surface area contributed by atoms with Crippen molar-refractivity contribution in [3.05, 3.63) is 52.0 Å². The van der Waals surface area contributed by atoms with E-state index in [1.54, 1.807) is 10.7 Å². The molecule has 7 nitrogen and oxygen atoms in total. The largest absolute Gasteiger partial charge is 0.307 e. The van der Waals surface area contributed by atoms with E-state index in [1.165, 1.54) is 6.20 Å². The molecule has 0 bridgehead atoms. The number of benzene rings is 1. The standard InChI is InChI=1S/C13H13FN4O3/c1-8(2)17-12(5-6-15-17)16-13(19)10-7-9(14)3-4-11(10)18(20)21/h3-8H,1-2H3,(H,16,19). The number of nitro groups is 1. The molecule has 1 aromatic heterocycles. The van der Waals surface area contributed by atoms with E-state index in [4.69, 9.17) is 0 Å². The molecule has 2 rings (SSSR count). The molecule has 2 aromatic rings. The smallest absolute Gasteiger partial charge is 0.282 e. The molecule has 8 heteroatoms. The maximum absolute atomic E-state index is 13.2. The Kier molecular flexibility index (Phi) is 3.97. The SMILES string of the molecule is CC(C)n1nccc1NC(=O)c1cc(F)ccc1[N+](=O)[O-]. The molecule has 0 saturated carbocycles. The molecular formula is C13H13FN4O3. The number of hydrogen-bond acceptors (Lipinski definition) is 4. The first-order valence-electron chi connectivity index (χ1n) is 6.19. The fourth-order valence-corrected chi connectivity index (χ4v) is 1.86. The molecule has 0 aliphatic rings. The first kappa shape index (κ1) is 14.6. The van der Waals surface area contributed by atoms with E-state index in [2.05, 4.69) is 10.4 Å². The van der Waals surface area contributed by atoms with E-state index in [0.29, 0.717) is 5.82 Å². The topological polar surface area (TPSA) is 90.1 Å². The Morgan fingerprint density at radius 2 is 2.14 bits per heavy atom. The van der Waals surface area contributed by atoms with E-state index < -0.39 is 22.3 Å². The summed E-state index contributed by atoms with van der Waals surface area (Å²) in [6, 6.07) is 4.29. The minimum atomic E-state index is -0.761. The van der Waals surface area contributed by atoms with Crippen molar-refractivity contribution < 1.29 is 14.1 Å².